The minimum absolute atomic E-state index is 0.0360. The SMILES string of the molecule is OCc1cccn1Cc1ccc(Cl)c(Cl)c1. The largest absolute Gasteiger partial charge is 0.390 e. The first-order chi connectivity index (χ1) is 7.70. The summed E-state index contributed by atoms with van der Waals surface area (Å²) in [6, 6.07) is 9.34. The highest BCUT2D eigenvalue weighted by atomic mass is 35.5. The molecule has 2 aromatic rings. The molecule has 0 radical (unpaired) electrons. The Morgan fingerprint density at radius 1 is 1.12 bits per heavy atom. The highest BCUT2D eigenvalue weighted by Crippen LogP contribution is 2.23. The van der Waals surface area contributed by atoms with Crippen LogP contribution >= 0.6 is 23.2 Å². The van der Waals surface area contributed by atoms with Crippen LogP contribution in [-0.2, 0) is 13.2 Å². The topological polar surface area (TPSA) is 25.2 Å². The fourth-order valence-corrected chi connectivity index (χ4v) is 1.90. The first-order valence-electron chi connectivity index (χ1n) is 4.89. The van der Waals surface area contributed by atoms with Crippen molar-refractivity contribution in [3.8, 4) is 0 Å². The summed E-state index contributed by atoms with van der Waals surface area (Å²) in [4.78, 5) is 0. The van der Waals surface area contributed by atoms with Gasteiger partial charge in [0.2, 0.25) is 0 Å². The lowest BCUT2D eigenvalue weighted by Crippen LogP contribution is -2.02. The zero-order chi connectivity index (χ0) is 11.5. The Bertz CT molecular complexity index is 494. The molecule has 84 valence electrons. The van der Waals surface area contributed by atoms with Gasteiger partial charge < -0.3 is 9.67 Å². The summed E-state index contributed by atoms with van der Waals surface area (Å²) < 4.78 is 1.97. The molecular formula is C12H11Cl2NO. The van der Waals surface area contributed by atoms with Crippen molar-refractivity contribution < 1.29 is 5.11 Å². The van der Waals surface area contributed by atoms with Gasteiger partial charge in [0.05, 0.1) is 16.7 Å². The predicted octanol–water partition coefficient (Wildman–Crippen LogP) is 3.34. The van der Waals surface area contributed by atoms with Crippen LogP contribution in [0.1, 0.15) is 11.3 Å². The minimum Gasteiger partial charge on any atom is -0.390 e. The van der Waals surface area contributed by atoms with Crippen LogP contribution in [0.15, 0.2) is 36.5 Å². The Morgan fingerprint density at radius 2 is 1.94 bits per heavy atom. The highest BCUT2D eigenvalue weighted by Gasteiger charge is 2.03. The smallest absolute Gasteiger partial charge is 0.0832 e. The third-order valence-electron chi connectivity index (χ3n) is 2.42. The Hall–Kier alpha value is -0.960. The minimum atomic E-state index is 0.0360. The van der Waals surface area contributed by atoms with Crippen LogP contribution in [0.3, 0.4) is 0 Å². The predicted molar refractivity (Wildman–Crippen MR) is 65.9 cm³/mol. The third-order valence-corrected chi connectivity index (χ3v) is 3.16. The third kappa shape index (κ3) is 2.40. The number of hydrogen-bond donors (Lipinski definition) is 1. The van der Waals surface area contributed by atoms with Gasteiger partial charge >= 0.3 is 0 Å². The van der Waals surface area contributed by atoms with E-state index in [4.69, 9.17) is 28.3 Å². The van der Waals surface area contributed by atoms with Gasteiger partial charge in [-0.15, -0.1) is 0 Å². The molecule has 16 heavy (non-hydrogen) atoms. The van der Waals surface area contributed by atoms with Crippen LogP contribution in [0, 0.1) is 0 Å². The van der Waals surface area contributed by atoms with Gasteiger partial charge in [-0.3, -0.25) is 0 Å². The van der Waals surface area contributed by atoms with Crippen molar-refractivity contribution in [1.29, 1.82) is 0 Å². The average Bonchev–Trinajstić information content (AvgIpc) is 2.71. The number of rotatable bonds is 3. The molecule has 2 nitrogen and oxygen atoms in total. The van der Waals surface area contributed by atoms with E-state index in [9.17, 15) is 0 Å². The van der Waals surface area contributed by atoms with Crippen molar-refractivity contribution >= 4 is 23.2 Å². The van der Waals surface area contributed by atoms with E-state index in [1.54, 1.807) is 6.07 Å². The van der Waals surface area contributed by atoms with Crippen LogP contribution < -0.4 is 0 Å². The van der Waals surface area contributed by atoms with Crippen LogP contribution in [0.25, 0.3) is 0 Å². The van der Waals surface area contributed by atoms with Crippen molar-refractivity contribution in [1.82, 2.24) is 4.57 Å². The quantitative estimate of drug-likeness (QED) is 0.895. The molecule has 0 saturated heterocycles. The lowest BCUT2D eigenvalue weighted by molar-refractivity contribution is 0.271. The molecule has 4 heteroatoms. The molecule has 0 aliphatic carbocycles. The summed E-state index contributed by atoms with van der Waals surface area (Å²) in [5.41, 5.74) is 1.94. The lowest BCUT2D eigenvalue weighted by atomic mass is 10.2. The van der Waals surface area contributed by atoms with Crippen molar-refractivity contribution in [2.75, 3.05) is 0 Å². The molecule has 1 N–H and O–H groups in total. The summed E-state index contributed by atoms with van der Waals surface area (Å²) >= 11 is 11.8. The van der Waals surface area contributed by atoms with E-state index in [2.05, 4.69) is 0 Å². The lowest BCUT2D eigenvalue weighted by Gasteiger charge is -2.08. The maximum Gasteiger partial charge on any atom is 0.0832 e. The van der Waals surface area contributed by atoms with E-state index >= 15 is 0 Å². The average molecular weight is 256 g/mol. The van der Waals surface area contributed by atoms with Crippen LogP contribution in [0.4, 0.5) is 0 Å². The Labute approximate surface area is 104 Å². The molecule has 1 aromatic carbocycles. The first kappa shape index (κ1) is 11.5. The van der Waals surface area contributed by atoms with Gasteiger partial charge in [0.25, 0.3) is 0 Å². The Balaban J connectivity index is 2.24. The van der Waals surface area contributed by atoms with Crippen molar-refractivity contribution in [2.45, 2.75) is 13.2 Å². The second-order valence-corrected chi connectivity index (χ2v) is 4.35. The van der Waals surface area contributed by atoms with E-state index in [0.717, 1.165) is 11.3 Å². The molecule has 0 bridgehead atoms. The molecule has 0 aliphatic rings. The standard InChI is InChI=1S/C12H11Cl2NO/c13-11-4-3-9(6-12(11)14)7-15-5-1-2-10(15)8-16/h1-6,16H,7-8H2. The number of hydrogen-bond acceptors (Lipinski definition) is 1. The van der Waals surface area contributed by atoms with E-state index in [1.807, 2.05) is 35.0 Å². The van der Waals surface area contributed by atoms with Crippen LogP contribution in [-0.4, -0.2) is 9.67 Å². The van der Waals surface area contributed by atoms with E-state index in [0.29, 0.717) is 16.6 Å². The first-order valence-corrected chi connectivity index (χ1v) is 5.65. The van der Waals surface area contributed by atoms with Crippen molar-refractivity contribution in [3.05, 3.63) is 57.8 Å². The molecule has 0 unspecified atom stereocenters. The fourth-order valence-electron chi connectivity index (χ4n) is 1.58. The second-order valence-electron chi connectivity index (χ2n) is 3.53. The van der Waals surface area contributed by atoms with Gasteiger partial charge in [0, 0.05) is 18.4 Å². The Morgan fingerprint density at radius 3 is 2.62 bits per heavy atom. The number of halogens is 2. The number of benzene rings is 1. The normalized spacial score (nSPS) is 10.7. The molecule has 2 rings (SSSR count). The highest BCUT2D eigenvalue weighted by molar-refractivity contribution is 6.42. The maximum absolute atomic E-state index is 9.12. The fraction of sp³-hybridized carbons (Fsp3) is 0.167. The van der Waals surface area contributed by atoms with Crippen LogP contribution in [0.5, 0.6) is 0 Å². The van der Waals surface area contributed by atoms with Crippen LogP contribution in [0.2, 0.25) is 10.0 Å². The molecule has 0 aliphatic heterocycles. The van der Waals surface area contributed by atoms with Gasteiger partial charge in [0.15, 0.2) is 0 Å². The molecule has 0 atom stereocenters. The molecule has 0 amide bonds. The molecule has 0 fully saturated rings. The number of nitrogens with zero attached hydrogens (tertiary/aromatic N) is 1. The van der Waals surface area contributed by atoms with Gasteiger partial charge in [-0.25, -0.2) is 0 Å². The summed E-state index contributed by atoms with van der Waals surface area (Å²) in [6.07, 6.45) is 1.92. The van der Waals surface area contributed by atoms with Gasteiger partial charge in [0.1, 0.15) is 0 Å². The molecule has 0 saturated carbocycles. The van der Waals surface area contributed by atoms with E-state index in [-0.39, 0.29) is 6.61 Å². The number of aromatic nitrogens is 1. The van der Waals surface area contributed by atoms with Gasteiger partial charge in [-0.2, -0.15) is 0 Å². The second kappa shape index (κ2) is 4.91. The molecule has 1 heterocycles. The monoisotopic (exact) mass is 255 g/mol. The Kier molecular flexibility index (Phi) is 3.54. The maximum atomic E-state index is 9.12. The number of aliphatic hydroxyl groups excluding tert-OH is 1. The molecule has 1 aromatic heterocycles. The molecule has 0 spiro atoms. The van der Waals surface area contributed by atoms with Crippen molar-refractivity contribution in [2.24, 2.45) is 0 Å². The zero-order valence-electron chi connectivity index (χ0n) is 8.53. The number of aliphatic hydroxyl groups is 1. The van der Waals surface area contributed by atoms with Crippen molar-refractivity contribution in [3.63, 3.8) is 0 Å². The summed E-state index contributed by atoms with van der Waals surface area (Å²) in [5, 5.41) is 10.2. The zero-order valence-corrected chi connectivity index (χ0v) is 10.0. The summed E-state index contributed by atoms with van der Waals surface area (Å²) in [5.74, 6) is 0. The van der Waals surface area contributed by atoms with Gasteiger partial charge in [-0.05, 0) is 29.8 Å². The summed E-state index contributed by atoms with van der Waals surface area (Å²) in [7, 11) is 0. The van der Waals surface area contributed by atoms with E-state index in [1.165, 1.54) is 0 Å². The summed E-state index contributed by atoms with van der Waals surface area (Å²) in [6.45, 7) is 0.716. The van der Waals surface area contributed by atoms with E-state index < -0.39 is 0 Å². The van der Waals surface area contributed by atoms with Gasteiger partial charge in [-0.1, -0.05) is 29.3 Å². The molecular weight excluding hydrogens is 245 g/mol.